The topological polar surface area (TPSA) is 61.3 Å². The van der Waals surface area contributed by atoms with Crippen molar-refractivity contribution in [3.8, 4) is 5.75 Å². The van der Waals surface area contributed by atoms with Gasteiger partial charge in [0.05, 0.1) is 13.2 Å². The van der Waals surface area contributed by atoms with Gasteiger partial charge in [-0.25, -0.2) is 0 Å². The van der Waals surface area contributed by atoms with E-state index in [0.717, 1.165) is 29.7 Å². The van der Waals surface area contributed by atoms with Crippen LogP contribution in [0.4, 0.5) is 0 Å². The van der Waals surface area contributed by atoms with E-state index in [4.69, 9.17) is 16.2 Å². The Hall–Kier alpha value is -1.06. The maximum absolute atomic E-state index is 6.24. The van der Waals surface area contributed by atoms with Gasteiger partial charge in [-0.1, -0.05) is 17.7 Å². The molecule has 0 amide bonds. The first-order valence-corrected chi connectivity index (χ1v) is 5.67. The van der Waals surface area contributed by atoms with E-state index in [2.05, 4.69) is 19.1 Å². The summed E-state index contributed by atoms with van der Waals surface area (Å²) in [5, 5.41) is 0. The second-order valence-corrected chi connectivity index (χ2v) is 4.92. The fourth-order valence-corrected chi connectivity index (χ4v) is 2.26. The van der Waals surface area contributed by atoms with Crippen LogP contribution in [0.3, 0.4) is 0 Å². The molecule has 16 heavy (non-hydrogen) atoms. The van der Waals surface area contributed by atoms with Crippen LogP contribution in [0.1, 0.15) is 35.6 Å². The molecular formula is C13H20N2O. The number of hydrogen-bond donors (Lipinski definition) is 2. The third-order valence-electron chi connectivity index (χ3n) is 3.43. The molecule has 1 aliphatic carbocycles. The molecule has 1 unspecified atom stereocenters. The fraction of sp³-hybridized carbons (Fsp3) is 0.538. The molecule has 1 saturated carbocycles. The Bertz CT molecular complexity index is 411. The molecule has 1 aromatic rings. The van der Waals surface area contributed by atoms with Gasteiger partial charge in [0.1, 0.15) is 5.75 Å². The minimum absolute atomic E-state index is 0.124. The zero-order valence-electron chi connectivity index (χ0n) is 10.2. The molecule has 0 aromatic heterocycles. The second-order valence-electron chi connectivity index (χ2n) is 4.92. The minimum Gasteiger partial charge on any atom is -0.496 e. The van der Waals surface area contributed by atoms with Crippen molar-refractivity contribution in [3.63, 3.8) is 0 Å². The largest absolute Gasteiger partial charge is 0.496 e. The van der Waals surface area contributed by atoms with E-state index in [1.54, 1.807) is 7.11 Å². The van der Waals surface area contributed by atoms with Crippen LogP contribution in [0.15, 0.2) is 12.1 Å². The molecule has 0 saturated heterocycles. The summed E-state index contributed by atoms with van der Waals surface area (Å²) in [6.07, 6.45) is 2.01. The first kappa shape index (κ1) is 11.4. The summed E-state index contributed by atoms with van der Waals surface area (Å²) >= 11 is 0. The number of benzene rings is 1. The van der Waals surface area contributed by atoms with Gasteiger partial charge in [-0.05, 0) is 32.3 Å². The molecule has 0 aliphatic heterocycles. The highest BCUT2D eigenvalue weighted by Gasteiger charge is 2.45. The van der Waals surface area contributed by atoms with Gasteiger partial charge in [-0.3, -0.25) is 0 Å². The van der Waals surface area contributed by atoms with Crippen molar-refractivity contribution in [3.05, 3.63) is 28.8 Å². The van der Waals surface area contributed by atoms with Gasteiger partial charge in [-0.15, -0.1) is 0 Å². The molecule has 3 heteroatoms. The number of nitrogens with two attached hydrogens (primary N) is 2. The van der Waals surface area contributed by atoms with Crippen LogP contribution in [0.2, 0.25) is 0 Å². The maximum atomic E-state index is 6.24. The maximum Gasteiger partial charge on any atom is 0.126 e. The number of aryl methyl sites for hydroxylation is 2. The zero-order valence-corrected chi connectivity index (χ0v) is 10.2. The van der Waals surface area contributed by atoms with E-state index >= 15 is 0 Å². The van der Waals surface area contributed by atoms with Crippen LogP contribution in [0.5, 0.6) is 5.75 Å². The molecule has 3 nitrogen and oxygen atoms in total. The lowest BCUT2D eigenvalue weighted by Gasteiger charge is -2.23. The summed E-state index contributed by atoms with van der Waals surface area (Å²) in [5.41, 5.74) is 15.6. The van der Waals surface area contributed by atoms with Crippen molar-refractivity contribution in [2.24, 2.45) is 11.5 Å². The lowest BCUT2D eigenvalue weighted by molar-refractivity contribution is 0.395. The predicted molar refractivity (Wildman–Crippen MR) is 65.5 cm³/mol. The molecule has 1 aliphatic rings. The molecule has 1 atom stereocenters. The first-order valence-electron chi connectivity index (χ1n) is 5.67. The van der Waals surface area contributed by atoms with Crippen LogP contribution in [-0.4, -0.2) is 12.6 Å². The van der Waals surface area contributed by atoms with Crippen LogP contribution < -0.4 is 16.2 Å². The average Bonchev–Trinajstić information content (AvgIpc) is 2.95. The molecule has 4 N–H and O–H groups in total. The van der Waals surface area contributed by atoms with Gasteiger partial charge in [0.15, 0.2) is 0 Å². The molecule has 2 rings (SSSR count). The fourth-order valence-electron chi connectivity index (χ4n) is 2.26. The van der Waals surface area contributed by atoms with Crippen molar-refractivity contribution >= 4 is 0 Å². The van der Waals surface area contributed by atoms with Crippen LogP contribution in [0.25, 0.3) is 0 Å². The SMILES string of the molecule is COc1c(C)cc(C)cc1C(N)C1(N)CC1. The lowest BCUT2D eigenvalue weighted by Crippen LogP contribution is -2.36. The molecule has 0 spiro atoms. The van der Waals surface area contributed by atoms with Crippen LogP contribution in [-0.2, 0) is 0 Å². The highest BCUT2D eigenvalue weighted by atomic mass is 16.5. The molecular weight excluding hydrogens is 200 g/mol. The molecule has 0 radical (unpaired) electrons. The molecule has 0 bridgehead atoms. The number of hydrogen-bond acceptors (Lipinski definition) is 3. The van der Waals surface area contributed by atoms with E-state index in [1.807, 2.05) is 6.92 Å². The van der Waals surface area contributed by atoms with Gasteiger partial charge in [0.2, 0.25) is 0 Å². The Morgan fingerprint density at radius 2 is 1.94 bits per heavy atom. The minimum atomic E-state index is -0.215. The second kappa shape index (κ2) is 3.75. The summed E-state index contributed by atoms with van der Waals surface area (Å²) in [7, 11) is 1.68. The lowest BCUT2D eigenvalue weighted by atomic mass is 9.94. The monoisotopic (exact) mass is 220 g/mol. The van der Waals surface area contributed by atoms with Gasteiger partial charge in [-0.2, -0.15) is 0 Å². The van der Waals surface area contributed by atoms with Crippen molar-refractivity contribution < 1.29 is 4.74 Å². The molecule has 1 aromatic carbocycles. The highest BCUT2D eigenvalue weighted by molar-refractivity contribution is 5.47. The van der Waals surface area contributed by atoms with Crippen LogP contribution >= 0.6 is 0 Å². The van der Waals surface area contributed by atoms with Crippen molar-refractivity contribution in [2.75, 3.05) is 7.11 Å². The van der Waals surface area contributed by atoms with Crippen molar-refractivity contribution in [1.29, 1.82) is 0 Å². The molecule has 0 heterocycles. The smallest absolute Gasteiger partial charge is 0.126 e. The Balaban J connectivity index is 2.46. The van der Waals surface area contributed by atoms with E-state index < -0.39 is 0 Å². The number of methoxy groups -OCH3 is 1. The van der Waals surface area contributed by atoms with E-state index in [1.165, 1.54) is 5.56 Å². The Morgan fingerprint density at radius 3 is 2.44 bits per heavy atom. The molecule has 1 fully saturated rings. The summed E-state index contributed by atoms with van der Waals surface area (Å²) in [6.45, 7) is 4.11. The van der Waals surface area contributed by atoms with Gasteiger partial charge < -0.3 is 16.2 Å². The Kier molecular flexibility index (Phi) is 2.68. The average molecular weight is 220 g/mol. The standard InChI is InChI=1S/C13H20N2O/c1-8-6-9(2)11(16-3)10(7-8)12(14)13(15)4-5-13/h6-7,12H,4-5,14-15H2,1-3H3. The zero-order chi connectivity index (χ0) is 11.9. The summed E-state index contributed by atoms with van der Waals surface area (Å²) in [4.78, 5) is 0. The molecule has 88 valence electrons. The highest BCUT2D eigenvalue weighted by Crippen LogP contribution is 2.45. The van der Waals surface area contributed by atoms with Gasteiger partial charge in [0.25, 0.3) is 0 Å². The predicted octanol–water partition coefficient (Wildman–Crippen LogP) is 1.80. The number of rotatable bonds is 3. The third kappa shape index (κ3) is 1.81. The summed E-state index contributed by atoms with van der Waals surface area (Å²) in [5.74, 6) is 0.884. The third-order valence-corrected chi connectivity index (χ3v) is 3.43. The first-order chi connectivity index (χ1) is 7.48. The van der Waals surface area contributed by atoms with Gasteiger partial charge in [0, 0.05) is 11.1 Å². The quantitative estimate of drug-likeness (QED) is 0.816. The Morgan fingerprint density at radius 1 is 1.31 bits per heavy atom. The summed E-state index contributed by atoms with van der Waals surface area (Å²) < 4.78 is 5.44. The Labute approximate surface area is 96.8 Å². The van der Waals surface area contributed by atoms with Gasteiger partial charge >= 0.3 is 0 Å². The summed E-state index contributed by atoms with van der Waals surface area (Å²) in [6, 6.07) is 4.07. The van der Waals surface area contributed by atoms with E-state index in [0.29, 0.717) is 0 Å². The van der Waals surface area contributed by atoms with Crippen LogP contribution in [0, 0.1) is 13.8 Å². The normalized spacial score (nSPS) is 19.3. The van der Waals surface area contributed by atoms with E-state index in [-0.39, 0.29) is 11.6 Å². The number of ether oxygens (including phenoxy) is 1. The van der Waals surface area contributed by atoms with E-state index in [9.17, 15) is 0 Å². The van der Waals surface area contributed by atoms with Crippen molar-refractivity contribution in [2.45, 2.75) is 38.3 Å². The van der Waals surface area contributed by atoms with Crippen molar-refractivity contribution in [1.82, 2.24) is 0 Å².